The van der Waals surface area contributed by atoms with Crippen LogP contribution in [0.2, 0.25) is 0 Å². The Kier molecular flexibility index (Phi) is 15.0. The summed E-state index contributed by atoms with van der Waals surface area (Å²) in [7, 11) is 2.18. The van der Waals surface area contributed by atoms with Gasteiger partial charge in [-0.2, -0.15) is 0 Å². The van der Waals surface area contributed by atoms with Gasteiger partial charge >= 0.3 is 0 Å². The Labute approximate surface area is 486 Å². The fraction of sp³-hybridized carbons (Fsp3) is 0.139. The Hall–Kier alpha value is -9.44. The molecule has 3 nitrogen and oxygen atoms in total. The molecule has 0 aromatic heterocycles. The fourth-order valence-corrected chi connectivity index (χ4v) is 12.7. The predicted octanol–water partition coefficient (Wildman–Crippen LogP) is 21.3. The molecule has 0 fully saturated rings. The molecule has 1 heterocycles. The van der Waals surface area contributed by atoms with E-state index in [9.17, 15) is 0 Å². The van der Waals surface area contributed by atoms with Crippen molar-refractivity contribution in [2.45, 2.75) is 64.9 Å². The number of ether oxygens (including phenoxy) is 2. The molecule has 1 spiro atoms. The molecule has 9 aromatic carbocycles. The number of benzene rings is 9. The predicted molar refractivity (Wildman–Crippen MR) is 351 cm³/mol. The van der Waals surface area contributed by atoms with Crippen LogP contribution in [0.1, 0.15) is 91.1 Å². The maximum absolute atomic E-state index is 7.19. The molecule has 3 aliphatic rings. The van der Waals surface area contributed by atoms with Crippen LogP contribution in [-0.4, -0.2) is 13.2 Å². The Morgan fingerprint density at radius 3 is 2.10 bits per heavy atom. The molecule has 82 heavy (non-hydrogen) atoms. The minimum absolute atomic E-state index is 0.0638. The minimum Gasteiger partial charge on any atom is -0.485 e. The molecule has 0 saturated heterocycles. The third-order valence-corrected chi connectivity index (χ3v) is 16.9. The third kappa shape index (κ3) is 9.30. The van der Waals surface area contributed by atoms with Gasteiger partial charge in [0.1, 0.15) is 23.4 Å². The monoisotopic (exact) mass is 1070 g/mol. The van der Waals surface area contributed by atoms with Crippen molar-refractivity contribution >= 4 is 39.4 Å². The van der Waals surface area contributed by atoms with Crippen molar-refractivity contribution in [2.24, 2.45) is 0 Å². The maximum Gasteiger partial charge on any atom is 0.140 e. The SMILES string of the molecule is C=C/C=C1\C(=C/C)c2ccc(-c3cccc(N(C)c4ccc5c(c4)C(C)(C)c4ccccc4-5)c3)cc2C12c1ccc(/C=C\CC=C)c(C)c1Oc1c2ccc2ccccc12.C=CC(C)Oc1c(C(=C)/C=C\C)cccc1-c1ccccc1. The van der Waals surface area contributed by atoms with Crippen LogP contribution in [0.5, 0.6) is 17.2 Å². The summed E-state index contributed by atoms with van der Waals surface area (Å²) in [4.78, 5) is 2.32. The summed E-state index contributed by atoms with van der Waals surface area (Å²) >= 11 is 0. The smallest absolute Gasteiger partial charge is 0.140 e. The second-order valence-electron chi connectivity index (χ2n) is 22.0. The first-order chi connectivity index (χ1) is 39.9. The molecule has 12 rings (SSSR count). The highest BCUT2D eigenvalue weighted by Gasteiger charge is 2.53. The molecule has 2 aliphatic carbocycles. The van der Waals surface area contributed by atoms with Gasteiger partial charge in [-0.15, -0.1) is 6.58 Å². The van der Waals surface area contributed by atoms with Crippen LogP contribution >= 0.6 is 0 Å². The van der Waals surface area contributed by atoms with Gasteiger partial charge in [0.15, 0.2) is 0 Å². The van der Waals surface area contributed by atoms with E-state index in [1.807, 2.05) is 68.5 Å². The molecule has 404 valence electrons. The second kappa shape index (κ2) is 22.6. The van der Waals surface area contributed by atoms with E-state index in [4.69, 9.17) is 9.47 Å². The Morgan fingerprint density at radius 2 is 1.32 bits per heavy atom. The molecule has 3 heteroatoms. The first kappa shape index (κ1) is 54.5. The van der Waals surface area contributed by atoms with Gasteiger partial charge in [0.05, 0.1) is 5.41 Å². The molecular weight excluding hydrogens is 995 g/mol. The van der Waals surface area contributed by atoms with Crippen molar-refractivity contribution in [3.8, 4) is 50.6 Å². The van der Waals surface area contributed by atoms with Gasteiger partial charge < -0.3 is 14.4 Å². The van der Waals surface area contributed by atoms with Gasteiger partial charge in [-0.05, 0) is 148 Å². The Morgan fingerprint density at radius 1 is 0.634 bits per heavy atom. The first-order valence-corrected chi connectivity index (χ1v) is 28.5. The Bertz CT molecular complexity index is 4140. The molecule has 0 radical (unpaired) electrons. The van der Waals surface area contributed by atoms with E-state index >= 15 is 0 Å². The van der Waals surface area contributed by atoms with Crippen LogP contribution in [-0.2, 0) is 10.8 Å². The number of fused-ring (bicyclic) bond motifs is 11. The number of allylic oxidation sites excluding steroid dienone is 10. The van der Waals surface area contributed by atoms with E-state index in [1.54, 1.807) is 6.08 Å². The largest absolute Gasteiger partial charge is 0.485 e. The highest BCUT2D eigenvalue weighted by atomic mass is 16.5. The average Bonchev–Trinajstić information content (AvgIpc) is 1.77. The van der Waals surface area contributed by atoms with Gasteiger partial charge in [0, 0.05) is 51.5 Å². The van der Waals surface area contributed by atoms with Gasteiger partial charge in [-0.1, -0.05) is 240 Å². The van der Waals surface area contributed by atoms with Crippen LogP contribution < -0.4 is 14.4 Å². The van der Waals surface area contributed by atoms with Crippen LogP contribution in [0.4, 0.5) is 11.4 Å². The zero-order chi connectivity index (χ0) is 57.3. The summed E-state index contributed by atoms with van der Waals surface area (Å²) in [6.07, 6.45) is 19.2. The molecule has 0 N–H and O–H groups in total. The van der Waals surface area contributed by atoms with Crippen LogP contribution in [0, 0.1) is 6.92 Å². The molecule has 0 bridgehead atoms. The molecule has 1 aliphatic heterocycles. The molecule has 2 unspecified atom stereocenters. The van der Waals surface area contributed by atoms with E-state index in [2.05, 4.69) is 242 Å². The second-order valence-corrected chi connectivity index (χ2v) is 22.0. The summed E-state index contributed by atoms with van der Waals surface area (Å²) < 4.78 is 13.3. The van der Waals surface area contributed by atoms with Gasteiger partial charge in [-0.3, -0.25) is 0 Å². The molecule has 0 amide bonds. The highest BCUT2D eigenvalue weighted by Crippen LogP contribution is 2.65. The van der Waals surface area contributed by atoms with E-state index in [-0.39, 0.29) is 11.5 Å². The summed E-state index contributed by atoms with van der Waals surface area (Å²) in [5.41, 5.74) is 22.9. The standard InChI is InChI=1S/C58H49NO.C21H22O/c1-8-11-12-19-38-27-32-51-55(37(38)4)60-56-45-23-14-13-20-39(45)28-33-52(56)58(51)50(18-9-2)44(10-3)47-30-26-41(35-54(47)58)40-21-17-22-42(34-40)59(7)43-29-31-48-46-24-15-16-25-49(46)57(5,6)53(48)36-43;1-5-11-16(3)19-14-10-15-20(18-12-8-7-9-13-18)21(19)22-17(4)6-2/h8-10,12-36H,1-2,11H2,3-7H3;5-15,17H,2-3H2,1,4H3/b19-12-,44-10-,50-18+;11-5-. The number of rotatable bonds is 13. The van der Waals surface area contributed by atoms with Crippen molar-refractivity contribution in [2.75, 3.05) is 11.9 Å². The topological polar surface area (TPSA) is 21.7 Å². The molecule has 2 atom stereocenters. The van der Waals surface area contributed by atoms with Crippen molar-refractivity contribution in [1.82, 2.24) is 0 Å². The average molecular weight is 1070 g/mol. The lowest BCUT2D eigenvalue weighted by atomic mass is 9.64. The molecule has 9 aromatic rings. The lowest BCUT2D eigenvalue weighted by Gasteiger charge is -2.41. The van der Waals surface area contributed by atoms with Crippen molar-refractivity contribution in [3.05, 3.63) is 313 Å². The molecular formula is C79H71NO2. The third-order valence-electron chi connectivity index (χ3n) is 16.9. The Balaban J connectivity index is 0.000000270. The van der Waals surface area contributed by atoms with E-state index in [1.165, 1.54) is 61.3 Å². The summed E-state index contributed by atoms with van der Waals surface area (Å²) in [5.74, 6) is 2.67. The number of nitrogens with zero attached hydrogens (tertiary/aromatic N) is 1. The fourth-order valence-electron chi connectivity index (χ4n) is 12.7. The first-order valence-electron chi connectivity index (χ1n) is 28.5. The lowest BCUT2D eigenvalue weighted by Crippen LogP contribution is -2.33. The van der Waals surface area contributed by atoms with E-state index in [0.29, 0.717) is 0 Å². The van der Waals surface area contributed by atoms with Crippen molar-refractivity contribution in [1.29, 1.82) is 0 Å². The van der Waals surface area contributed by atoms with E-state index < -0.39 is 5.41 Å². The van der Waals surface area contributed by atoms with Gasteiger partial charge in [-0.25, -0.2) is 0 Å². The minimum atomic E-state index is -0.661. The van der Waals surface area contributed by atoms with Gasteiger partial charge in [0.2, 0.25) is 0 Å². The zero-order valence-electron chi connectivity index (χ0n) is 48.4. The van der Waals surface area contributed by atoms with Crippen LogP contribution in [0.3, 0.4) is 0 Å². The lowest BCUT2D eigenvalue weighted by molar-refractivity contribution is 0.271. The normalized spacial score (nSPS) is 16.4. The van der Waals surface area contributed by atoms with Gasteiger partial charge in [0.25, 0.3) is 0 Å². The quantitative estimate of drug-likeness (QED) is 0.0848. The summed E-state index contributed by atoms with van der Waals surface area (Å²) in [5, 5.41) is 2.26. The number of para-hydroxylation sites is 1. The number of hydrogen-bond acceptors (Lipinski definition) is 3. The number of anilines is 2. The van der Waals surface area contributed by atoms with E-state index in [0.717, 1.165) is 84.6 Å². The molecule has 0 saturated carbocycles. The zero-order valence-corrected chi connectivity index (χ0v) is 48.4. The number of hydrogen-bond donors (Lipinski definition) is 0. The van der Waals surface area contributed by atoms with Crippen LogP contribution in [0.25, 0.3) is 61.4 Å². The summed E-state index contributed by atoms with van der Waals surface area (Å²) in [6, 6.07) is 65.9. The van der Waals surface area contributed by atoms with Crippen molar-refractivity contribution < 1.29 is 9.47 Å². The van der Waals surface area contributed by atoms with Crippen molar-refractivity contribution in [3.63, 3.8) is 0 Å². The summed E-state index contributed by atoms with van der Waals surface area (Å²) in [6.45, 7) is 29.2. The van der Waals surface area contributed by atoms with Crippen LogP contribution in [0.15, 0.2) is 262 Å². The highest BCUT2D eigenvalue weighted by molar-refractivity contribution is 6.00. The maximum atomic E-state index is 7.19.